The second-order valence-electron chi connectivity index (χ2n) is 14.3. The number of aliphatic hydroxyl groups excluding tert-OH is 6. The summed E-state index contributed by atoms with van der Waals surface area (Å²) in [6, 6.07) is 0. The minimum absolute atomic E-state index is 0.0472. The fourth-order valence-corrected chi connectivity index (χ4v) is 5.31. The number of fused-ring (bicyclic) bond motifs is 4. The van der Waals surface area contributed by atoms with Crippen molar-refractivity contribution in [2.75, 3.05) is 0 Å². The molecule has 0 radical (unpaired) electrons. The molecule has 1 aliphatic heterocycles. The second-order valence-corrected chi connectivity index (χ2v) is 14.3. The molecule has 304 valence electrons. The number of aromatic nitrogens is 2. The SMILES string of the molecule is C/C=C/C(O)C(C)(C)C1C/C=C\C(O)C(O)/C=C/C=C/c2nc(co2)C(=O)OC(C(C)(C)C(O)/C=C/C)C/C=C\C(O)C(O)/C=C/C=C\c2nc(co2)C(=O)O1. The number of aliphatic hydroxyl groups is 6. The number of rotatable bonds is 6. The predicted molar refractivity (Wildman–Crippen MR) is 209 cm³/mol. The molecular weight excluding hydrogens is 724 g/mol. The summed E-state index contributed by atoms with van der Waals surface area (Å²) in [7, 11) is 0. The van der Waals surface area contributed by atoms with Crippen LogP contribution in [0.5, 0.6) is 0 Å². The van der Waals surface area contributed by atoms with Crippen LogP contribution in [0.1, 0.15) is 87.1 Å². The first-order chi connectivity index (χ1) is 26.5. The van der Waals surface area contributed by atoms with Gasteiger partial charge in [0, 0.05) is 35.8 Å². The van der Waals surface area contributed by atoms with E-state index in [0.29, 0.717) is 0 Å². The van der Waals surface area contributed by atoms with Crippen LogP contribution >= 0.6 is 0 Å². The summed E-state index contributed by atoms with van der Waals surface area (Å²) in [5, 5.41) is 63.9. The fraction of sp³-hybridized carbons (Fsp3) is 0.429. The maximum atomic E-state index is 13.2. The Bertz CT molecular complexity index is 1680. The lowest BCUT2D eigenvalue weighted by Gasteiger charge is -2.36. The Morgan fingerprint density at radius 2 is 0.982 bits per heavy atom. The molecule has 3 heterocycles. The van der Waals surface area contributed by atoms with Crippen LogP contribution in [0.2, 0.25) is 0 Å². The van der Waals surface area contributed by atoms with Gasteiger partial charge in [-0.2, -0.15) is 0 Å². The maximum Gasteiger partial charge on any atom is 0.360 e. The van der Waals surface area contributed by atoms with E-state index in [4.69, 9.17) is 18.3 Å². The van der Waals surface area contributed by atoms with Crippen molar-refractivity contribution >= 4 is 24.1 Å². The molecule has 4 bridgehead atoms. The van der Waals surface area contributed by atoms with Crippen molar-refractivity contribution in [1.82, 2.24) is 9.97 Å². The van der Waals surface area contributed by atoms with Crippen LogP contribution < -0.4 is 0 Å². The van der Waals surface area contributed by atoms with Crippen LogP contribution in [0.3, 0.4) is 0 Å². The zero-order chi connectivity index (χ0) is 41.5. The molecule has 1 aliphatic rings. The second kappa shape index (κ2) is 21.4. The number of ether oxygens (including phenoxy) is 2. The van der Waals surface area contributed by atoms with Crippen molar-refractivity contribution in [2.24, 2.45) is 10.8 Å². The van der Waals surface area contributed by atoms with Crippen molar-refractivity contribution in [1.29, 1.82) is 0 Å². The van der Waals surface area contributed by atoms with Gasteiger partial charge in [0.15, 0.2) is 11.4 Å². The van der Waals surface area contributed by atoms with E-state index in [9.17, 15) is 40.2 Å². The molecule has 0 saturated heterocycles. The van der Waals surface area contributed by atoms with Crippen LogP contribution in [0, 0.1) is 10.8 Å². The zero-order valence-electron chi connectivity index (χ0n) is 32.5. The van der Waals surface area contributed by atoms with E-state index in [1.54, 1.807) is 65.8 Å². The monoisotopic (exact) mass is 778 g/mol. The Kier molecular flexibility index (Phi) is 17.3. The number of hydrogen-bond acceptors (Lipinski definition) is 14. The highest BCUT2D eigenvalue weighted by atomic mass is 16.6. The molecule has 0 fully saturated rings. The summed E-state index contributed by atoms with van der Waals surface area (Å²) in [6.45, 7) is 10.4. The summed E-state index contributed by atoms with van der Waals surface area (Å²) >= 11 is 0. The maximum absolute atomic E-state index is 13.2. The Labute approximate surface area is 326 Å². The molecule has 2 aromatic rings. The summed E-state index contributed by atoms with van der Waals surface area (Å²) in [5.74, 6) is -1.55. The van der Waals surface area contributed by atoms with Crippen molar-refractivity contribution in [3.63, 3.8) is 0 Å². The highest BCUT2D eigenvalue weighted by Crippen LogP contribution is 2.33. The van der Waals surface area contributed by atoms with Crippen molar-refractivity contribution in [3.8, 4) is 0 Å². The first kappa shape index (κ1) is 45.4. The molecule has 0 spiro atoms. The summed E-state index contributed by atoms with van der Waals surface area (Å²) in [4.78, 5) is 34.7. The highest BCUT2D eigenvalue weighted by Gasteiger charge is 2.39. The Hall–Kier alpha value is -4.96. The first-order valence-corrected chi connectivity index (χ1v) is 18.2. The average molecular weight is 779 g/mol. The first-order valence-electron chi connectivity index (χ1n) is 18.2. The number of oxazole rings is 2. The van der Waals surface area contributed by atoms with Gasteiger partial charge in [0.1, 0.15) is 49.2 Å². The minimum Gasteiger partial charge on any atom is -0.457 e. The van der Waals surface area contributed by atoms with Gasteiger partial charge in [-0.25, -0.2) is 19.6 Å². The third-order valence-electron chi connectivity index (χ3n) is 9.28. The van der Waals surface area contributed by atoms with E-state index < -0.39 is 71.6 Å². The van der Waals surface area contributed by atoms with Crippen molar-refractivity contribution in [3.05, 3.63) is 121 Å². The van der Waals surface area contributed by atoms with Gasteiger partial charge in [-0.15, -0.1) is 0 Å². The third kappa shape index (κ3) is 13.1. The Balaban J connectivity index is 1.94. The topological polar surface area (TPSA) is 226 Å². The van der Waals surface area contributed by atoms with Gasteiger partial charge in [-0.1, -0.05) is 113 Å². The number of carbonyl (C=O) groups excluding carboxylic acids is 2. The largest absolute Gasteiger partial charge is 0.457 e. The van der Waals surface area contributed by atoms with Crippen LogP contribution in [0.15, 0.2) is 106 Å². The van der Waals surface area contributed by atoms with Gasteiger partial charge >= 0.3 is 11.9 Å². The van der Waals surface area contributed by atoms with Crippen LogP contribution in [-0.4, -0.2) is 101 Å². The van der Waals surface area contributed by atoms with E-state index in [2.05, 4.69) is 9.97 Å². The standard InChI is InChI=1S/C42H54N2O12/c1-7-15-33(49)41(3,4)35-21-13-19-31(47)29(45)17-9-12-24-38-44-28(26-54-38)40(52)56-36(42(5,6)34(50)16-8-2)22-14-20-32(48)30(46)18-10-11-23-37-43-27(25-53-37)39(51)55-35/h7-20,23-26,29-36,45-50H,21-22H2,1-6H3/b15-7+,16-8+,17-9+,18-10+,19-13-,20-14-,23-11-,24-12+. The van der Waals surface area contributed by atoms with Crippen LogP contribution in [0.4, 0.5) is 0 Å². The van der Waals surface area contributed by atoms with E-state index in [-0.39, 0.29) is 36.0 Å². The van der Waals surface area contributed by atoms with Crippen LogP contribution in [-0.2, 0) is 9.47 Å². The lowest BCUT2D eigenvalue weighted by molar-refractivity contribution is -0.0462. The lowest BCUT2D eigenvalue weighted by atomic mass is 9.79. The zero-order valence-corrected chi connectivity index (χ0v) is 32.5. The normalized spacial score (nSPS) is 28.8. The van der Waals surface area contributed by atoms with E-state index in [1.165, 1.54) is 72.9 Å². The van der Waals surface area contributed by atoms with Gasteiger partial charge in [-0.3, -0.25) is 0 Å². The summed E-state index contributed by atoms with van der Waals surface area (Å²) in [6.07, 6.45) is 16.7. The number of hydrogen-bond donors (Lipinski definition) is 6. The molecule has 14 nitrogen and oxygen atoms in total. The molecule has 3 rings (SSSR count). The molecule has 56 heavy (non-hydrogen) atoms. The third-order valence-corrected chi connectivity index (χ3v) is 9.28. The number of cyclic esters (lactones) is 2. The molecular formula is C42H54N2O12. The summed E-state index contributed by atoms with van der Waals surface area (Å²) < 4.78 is 22.4. The van der Waals surface area contributed by atoms with Gasteiger partial charge < -0.3 is 48.9 Å². The highest BCUT2D eigenvalue weighted by molar-refractivity contribution is 5.87. The predicted octanol–water partition coefficient (Wildman–Crippen LogP) is 4.83. The molecule has 14 heteroatoms. The number of nitrogens with zero attached hydrogens (tertiary/aromatic N) is 2. The van der Waals surface area contributed by atoms with Gasteiger partial charge in [0.2, 0.25) is 11.8 Å². The molecule has 2 aromatic heterocycles. The van der Waals surface area contributed by atoms with E-state index in [0.717, 1.165) is 12.5 Å². The van der Waals surface area contributed by atoms with Crippen molar-refractivity contribution < 1.29 is 58.5 Å². The van der Waals surface area contributed by atoms with Crippen LogP contribution in [0.25, 0.3) is 12.2 Å². The Morgan fingerprint density at radius 1 is 0.625 bits per heavy atom. The van der Waals surface area contributed by atoms with Gasteiger partial charge in [0.25, 0.3) is 0 Å². The number of carbonyl (C=O) groups is 2. The summed E-state index contributed by atoms with van der Waals surface area (Å²) in [5.41, 5.74) is -2.28. The quantitative estimate of drug-likeness (QED) is 0.171. The Morgan fingerprint density at radius 3 is 1.34 bits per heavy atom. The molecule has 0 aromatic carbocycles. The number of esters is 2. The lowest BCUT2D eigenvalue weighted by Crippen LogP contribution is -2.42. The minimum atomic E-state index is -1.34. The molecule has 0 amide bonds. The van der Waals surface area contributed by atoms with Gasteiger partial charge in [0.05, 0.1) is 12.2 Å². The molecule has 0 saturated carbocycles. The molecule has 8 unspecified atom stereocenters. The smallest absolute Gasteiger partial charge is 0.360 e. The van der Waals surface area contributed by atoms with Gasteiger partial charge in [-0.05, 0) is 13.8 Å². The molecule has 0 aliphatic carbocycles. The fourth-order valence-electron chi connectivity index (χ4n) is 5.31. The molecule has 6 N–H and O–H groups in total. The van der Waals surface area contributed by atoms with E-state index in [1.807, 2.05) is 0 Å². The van der Waals surface area contributed by atoms with E-state index >= 15 is 0 Å². The molecule has 8 atom stereocenters. The van der Waals surface area contributed by atoms with Crippen molar-refractivity contribution in [2.45, 2.75) is 103 Å². The average Bonchev–Trinajstić information content (AvgIpc) is 3.84. The number of allylic oxidation sites excluding steroid dienone is 6.